The Morgan fingerprint density at radius 1 is 1.39 bits per heavy atom. The highest BCUT2D eigenvalue weighted by atomic mass is 32.2. The Kier molecular flexibility index (Phi) is 5.71. The average molecular weight is 335 g/mol. The molecule has 0 amide bonds. The van der Waals surface area contributed by atoms with E-state index in [-0.39, 0.29) is 33.2 Å². The molecule has 0 bridgehead atoms. The van der Waals surface area contributed by atoms with Gasteiger partial charge in [-0.3, -0.25) is 0 Å². The minimum atomic E-state index is -3.75. The highest BCUT2D eigenvalue weighted by Gasteiger charge is 2.22. The number of carbonyl (C=O) groups is 1. The molecule has 1 aromatic carbocycles. The Morgan fingerprint density at radius 2 is 2.00 bits per heavy atom. The number of methoxy groups -OCH3 is 1. The second-order valence-corrected chi connectivity index (χ2v) is 6.43. The number of nitrogens with one attached hydrogen (secondary N) is 1. The normalized spacial score (nSPS) is 10.1. The summed E-state index contributed by atoms with van der Waals surface area (Å²) in [5.74, 6) is -1.65. The zero-order valence-electron chi connectivity index (χ0n) is 12.3. The van der Waals surface area contributed by atoms with Crippen LogP contribution in [0.3, 0.4) is 0 Å². The van der Waals surface area contributed by atoms with E-state index in [1.54, 1.807) is 12.1 Å². The standard InChI is InChI=1S/C14H13N3O5S/c1-3-23(20,21)13-4-10(14(18)19)12(22-2)5-11(13)17-8-9(6-15)7-16/h4-5,8,17H,3H2,1-2H3,(H,18,19). The smallest absolute Gasteiger partial charge is 0.339 e. The van der Waals surface area contributed by atoms with Crippen molar-refractivity contribution in [3.8, 4) is 17.9 Å². The van der Waals surface area contributed by atoms with Gasteiger partial charge in [0.25, 0.3) is 0 Å². The van der Waals surface area contributed by atoms with Crippen molar-refractivity contribution in [3.63, 3.8) is 0 Å². The van der Waals surface area contributed by atoms with Crippen LogP contribution in [0.4, 0.5) is 5.69 Å². The van der Waals surface area contributed by atoms with Crippen LogP contribution in [-0.4, -0.2) is 32.4 Å². The summed E-state index contributed by atoms with van der Waals surface area (Å²) in [4.78, 5) is 11.0. The molecule has 0 saturated carbocycles. The van der Waals surface area contributed by atoms with Gasteiger partial charge in [-0.05, 0) is 6.07 Å². The third-order valence-corrected chi connectivity index (χ3v) is 4.63. The molecule has 0 atom stereocenters. The highest BCUT2D eigenvalue weighted by Crippen LogP contribution is 2.31. The number of sulfone groups is 1. The Labute approximate surface area is 133 Å². The van der Waals surface area contributed by atoms with E-state index in [0.29, 0.717) is 0 Å². The first-order chi connectivity index (χ1) is 10.8. The van der Waals surface area contributed by atoms with Gasteiger partial charge in [0.1, 0.15) is 29.0 Å². The largest absolute Gasteiger partial charge is 0.496 e. The van der Waals surface area contributed by atoms with Crippen LogP contribution in [0.25, 0.3) is 0 Å². The van der Waals surface area contributed by atoms with E-state index in [1.165, 1.54) is 20.1 Å². The van der Waals surface area contributed by atoms with Crippen LogP contribution < -0.4 is 10.1 Å². The second-order valence-electron chi connectivity index (χ2n) is 4.18. The molecule has 0 fully saturated rings. The van der Waals surface area contributed by atoms with E-state index in [4.69, 9.17) is 20.4 Å². The van der Waals surface area contributed by atoms with E-state index in [2.05, 4.69) is 5.32 Å². The average Bonchev–Trinajstić information content (AvgIpc) is 2.54. The summed E-state index contributed by atoms with van der Waals surface area (Å²) in [7, 11) is -2.51. The van der Waals surface area contributed by atoms with Crippen LogP contribution in [0.15, 0.2) is 28.8 Å². The Hall–Kier alpha value is -3.04. The van der Waals surface area contributed by atoms with Gasteiger partial charge in [-0.25, -0.2) is 13.2 Å². The quantitative estimate of drug-likeness (QED) is 0.746. The molecular weight excluding hydrogens is 322 g/mol. The summed E-state index contributed by atoms with van der Waals surface area (Å²) in [5, 5.41) is 29.1. The van der Waals surface area contributed by atoms with Crippen molar-refractivity contribution in [2.24, 2.45) is 0 Å². The van der Waals surface area contributed by atoms with Crippen LogP contribution >= 0.6 is 0 Å². The summed E-state index contributed by atoms with van der Waals surface area (Å²) in [6.45, 7) is 1.41. The van der Waals surface area contributed by atoms with Crippen molar-refractivity contribution in [2.45, 2.75) is 11.8 Å². The lowest BCUT2D eigenvalue weighted by atomic mass is 10.1. The first kappa shape index (κ1) is 18.0. The van der Waals surface area contributed by atoms with Crippen molar-refractivity contribution >= 4 is 21.5 Å². The molecule has 0 unspecified atom stereocenters. The summed E-state index contributed by atoms with van der Waals surface area (Å²) >= 11 is 0. The molecule has 9 heteroatoms. The molecule has 0 aliphatic heterocycles. The zero-order valence-corrected chi connectivity index (χ0v) is 13.1. The van der Waals surface area contributed by atoms with E-state index in [0.717, 1.165) is 12.3 Å². The van der Waals surface area contributed by atoms with Gasteiger partial charge in [-0.1, -0.05) is 6.92 Å². The van der Waals surface area contributed by atoms with Gasteiger partial charge in [0, 0.05) is 12.3 Å². The molecule has 0 aliphatic carbocycles. The number of aromatic carboxylic acids is 1. The number of benzene rings is 1. The van der Waals surface area contributed by atoms with E-state index in [1.807, 2.05) is 0 Å². The van der Waals surface area contributed by atoms with E-state index < -0.39 is 15.8 Å². The number of nitrogens with zero attached hydrogens (tertiary/aromatic N) is 2. The monoisotopic (exact) mass is 335 g/mol. The molecule has 0 saturated heterocycles. The third kappa shape index (κ3) is 3.99. The Morgan fingerprint density at radius 3 is 2.43 bits per heavy atom. The zero-order chi connectivity index (χ0) is 17.6. The molecule has 0 aliphatic rings. The SMILES string of the molecule is CCS(=O)(=O)c1cc(C(=O)O)c(OC)cc1NC=C(C#N)C#N. The third-order valence-electron chi connectivity index (χ3n) is 2.86. The summed E-state index contributed by atoms with van der Waals surface area (Å²) in [5.41, 5.74) is -0.572. The van der Waals surface area contributed by atoms with Gasteiger partial charge >= 0.3 is 5.97 Å². The van der Waals surface area contributed by atoms with Crippen molar-refractivity contribution < 1.29 is 23.1 Å². The molecule has 0 radical (unpaired) electrons. The van der Waals surface area contributed by atoms with Crippen molar-refractivity contribution in [3.05, 3.63) is 29.5 Å². The molecule has 0 aromatic heterocycles. The van der Waals surface area contributed by atoms with E-state index >= 15 is 0 Å². The molecule has 1 aromatic rings. The fraction of sp³-hybridized carbons (Fsp3) is 0.214. The number of rotatable bonds is 6. The summed E-state index contributed by atoms with van der Waals surface area (Å²) < 4.78 is 29.3. The maximum atomic E-state index is 12.2. The Balaban J connectivity index is 3.61. The molecule has 2 N–H and O–H groups in total. The van der Waals surface area contributed by atoms with Crippen LogP contribution in [-0.2, 0) is 9.84 Å². The molecule has 120 valence electrons. The lowest BCUT2D eigenvalue weighted by Crippen LogP contribution is -2.10. The van der Waals surface area contributed by atoms with Gasteiger partial charge in [0.05, 0.1) is 23.4 Å². The van der Waals surface area contributed by atoms with Crippen LogP contribution in [0.2, 0.25) is 0 Å². The number of nitriles is 2. The van der Waals surface area contributed by atoms with Crippen LogP contribution in [0.5, 0.6) is 5.75 Å². The van der Waals surface area contributed by atoms with Gasteiger partial charge in [-0.15, -0.1) is 0 Å². The van der Waals surface area contributed by atoms with Gasteiger partial charge in [0.15, 0.2) is 9.84 Å². The van der Waals surface area contributed by atoms with Gasteiger partial charge < -0.3 is 15.2 Å². The van der Waals surface area contributed by atoms with Crippen molar-refractivity contribution in [1.29, 1.82) is 10.5 Å². The van der Waals surface area contributed by atoms with Gasteiger partial charge in [0.2, 0.25) is 0 Å². The summed E-state index contributed by atoms with van der Waals surface area (Å²) in [6, 6.07) is 5.40. The first-order valence-corrected chi connectivity index (χ1v) is 7.90. The van der Waals surface area contributed by atoms with E-state index in [9.17, 15) is 13.2 Å². The Bertz CT molecular complexity index is 828. The fourth-order valence-electron chi connectivity index (χ4n) is 1.66. The maximum Gasteiger partial charge on any atom is 0.339 e. The fourth-order valence-corrected chi connectivity index (χ4v) is 2.72. The van der Waals surface area contributed by atoms with Crippen LogP contribution in [0.1, 0.15) is 17.3 Å². The van der Waals surface area contributed by atoms with Crippen molar-refractivity contribution in [2.75, 3.05) is 18.2 Å². The summed E-state index contributed by atoms with van der Waals surface area (Å²) in [6.07, 6.45) is 1.03. The number of carboxylic acids is 1. The second kappa shape index (κ2) is 7.29. The lowest BCUT2D eigenvalue weighted by Gasteiger charge is -2.13. The maximum absolute atomic E-state index is 12.2. The lowest BCUT2D eigenvalue weighted by molar-refractivity contribution is 0.0693. The molecule has 0 spiro atoms. The number of hydrogen-bond acceptors (Lipinski definition) is 7. The predicted molar refractivity (Wildman–Crippen MR) is 80.6 cm³/mol. The number of hydrogen-bond donors (Lipinski definition) is 2. The molecule has 0 heterocycles. The first-order valence-electron chi connectivity index (χ1n) is 6.25. The van der Waals surface area contributed by atoms with Crippen LogP contribution in [0, 0.1) is 22.7 Å². The topological polar surface area (TPSA) is 140 Å². The number of ether oxygens (including phenoxy) is 1. The van der Waals surface area contributed by atoms with Gasteiger partial charge in [-0.2, -0.15) is 10.5 Å². The number of allylic oxidation sites excluding steroid dienone is 1. The number of carboxylic acid groups (broad SMARTS) is 1. The number of anilines is 1. The molecule has 23 heavy (non-hydrogen) atoms. The highest BCUT2D eigenvalue weighted by molar-refractivity contribution is 7.91. The van der Waals surface area contributed by atoms with Crippen molar-refractivity contribution in [1.82, 2.24) is 0 Å². The minimum Gasteiger partial charge on any atom is -0.496 e. The molecule has 1 rings (SSSR count). The predicted octanol–water partition coefficient (Wildman–Crippen LogP) is 1.53. The minimum absolute atomic E-state index is 0.0108. The molecular formula is C14H13N3O5S. The molecule has 8 nitrogen and oxygen atoms in total.